The van der Waals surface area contributed by atoms with E-state index in [4.69, 9.17) is 5.73 Å². The number of H-pyrrole nitrogens is 5. The van der Waals surface area contributed by atoms with Crippen LogP contribution >= 0.6 is 44.3 Å². The molecule has 13 aromatic rings. The SMILES string of the molecule is CC(=O)C(=O)c1c[nH]c2c(-n3ccnn3)ncc(F)c12.CN(C)/C=C/c1c(F)cnc(Br)c1[N+](=O)[O-].CN(C)C=Nc1ncc(F)c2cc[nH]c12.Cl.Fc1cnc(-n2ccnn2)c2[nH]ccc12.Fc1cnc(Br)c2[nH]ccc12.Nc1ncc(F)c2cc[nH]c12. The van der Waals surface area contributed by atoms with E-state index >= 15 is 0 Å². The first-order chi connectivity index (χ1) is 42.1. The lowest BCUT2D eigenvalue weighted by Crippen LogP contribution is -2.09. The van der Waals surface area contributed by atoms with E-state index in [0.29, 0.717) is 71.5 Å². The molecule has 0 saturated heterocycles. The molecule has 0 aliphatic carbocycles. The summed E-state index contributed by atoms with van der Waals surface area (Å²) < 4.78 is 83.1. The Morgan fingerprint density at radius 3 is 1.62 bits per heavy atom. The molecule has 458 valence electrons. The Morgan fingerprint density at radius 2 is 1.09 bits per heavy atom. The third-order valence-corrected chi connectivity index (χ3v) is 12.9. The molecule has 0 spiro atoms. The van der Waals surface area contributed by atoms with E-state index in [1.165, 1.54) is 58.8 Å². The number of aliphatic imine (C=N–C) groups is 1. The van der Waals surface area contributed by atoms with Crippen molar-refractivity contribution in [3.05, 3.63) is 189 Å². The third kappa shape index (κ3) is 15.5. The van der Waals surface area contributed by atoms with Crippen LogP contribution in [0.15, 0.2) is 138 Å². The highest BCUT2D eigenvalue weighted by molar-refractivity contribution is 9.10. The smallest absolute Gasteiger partial charge is 0.312 e. The zero-order valence-corrected chi connectivity index (χ0v) is 50.5. The molecule has 0 atom stereocenters. The number of halogens is 9. The molecule has 13 aromatic heterocycles. The predicted molar refractivity (Wildman–Crippen MR) is 328 cm³/mol. The molecule has 0 aromatic carbocycles. The van der Waals surface area contributed by atoms with Gasteiger partial charge in [0.1, 0.15) is 10.4 Å². The number of fused-ring (bicyclic) bond motifs is 5. The van der Waals surface area contributed by atoms with Crippen molar-refractivity contribution in [1.29, 1.82) is 0 Å². The molecular weight excluding hydrogens is 1330 g/mol. The van der Waals surface area contributed by atoms with Crippen LogP contribution in [0.1, 0.15) is 22.8 Å². The van der Waals surface area contributed by atoms with Crippen LogP contribution in [0.3, 0.4) is 0 Å². The lowest BCUT2D eigenvalue weighted by molar-refractivity contribution is -0.386. The number of anilines is 1. The average molecular weight is 1380 g/mol. The maximum Gasteiger partial charge on any atom is 0.312 e. The molecule has 0 radical (unpaired) electrons. The lowest BCUT2D eigenvalue weighted by atomic mass is 10.1. The summed E-state index contributed by atoms with van der Waals surface area (Å²) in [6.45, 7) is 1.14. The van der Waals surface area contributed by atoms with Gasteiger partial charge in [-0.3, -0.25) is 19.7 Å². The van der Waals surface area contributed by atoms with Crippen molar-refractivity contribution in [2.45, 2.75) is 6.92 Å². The van der Waals surface area contributed by atoms with Gasteiger partial charge in [-0.1, -0.05) is 10.4 Å². The zero-order chi connectivity index (χ0) is 63.3. The number of carbonyl (C=O) groups is 2. The van der Waals surface area contributed by atoms with Gasteiger partial charge < -0.3 is 40.5 Å². The second-order valence-electron chi connectivity index (χ2n) is 18.2. The highest BCUT2D eigenvalue weighted by atomic mass is 79.9. The molecule has 0 aliphatic heterocycles. The number of nitrogens with two attached hydrogens (primary N) is 1. The van der Waals surface area contributed by atoms with Gasteiger partial charge in [0.2, 0.25) is 5.78 Å². The Bertz CT molecular complexity index is 4520. The normalized spacial score (nSPS) is 10.8. The van der Waals surface area contributed by atoms with E-state index in [2.05, 4.69) is 112 Å². The molecule has 35 heteroatoms. The second kappa shape index (κ2) is 29.6. The van der Waals surface area contributed by atoms with E-state index in [1.807, 2.05) is 14.1 Å². The Hall–Kier alpha value is -10.7. The number of carbonyl (C=O) groups excluding carboxylic acids is 2. The zero-order valence-electron chi connectivity index (χ0n) is 46.5. The van der Waals surface area contributed by atoms with E-state index in [-0.39, 0.29) is 68.0 Å². The number of nitrogen functional groups attached to an aromatic ring is 1. The molecule has 0 unspecified atom stereocenters. The Balaban J connectivity index is 0.000000153. The highest BCUT2D eigenvalue weighted by Crippen LogP contribution is 2.31. The summed E-state index contributed by atoms with van der Waals surface area (Å²) in [5, 5.41) is 27.7. The fraction of sp³-hybridized carbons (Fsp3) is 0.0926. The van der Waals surface area contributed by atoms with Gasteiger partial charge >= 0.3 is 5.69 Å². The number of aromatic amines is 5. The van der Waals surface area contributed by atoms with Crippen LogP contribution < -0.4 is 5.73 Å². The molecule has 0 bridgehead atoms. The van der Waals surface area contributed by atoms with Gasteiger partial charge in [-0.25, -0.2) is 70.6 Å². The van der Waals surface area contributed by atoms with Crippen LogP contribution in [0.4, 0.5) is 43.7 Å². The summed E-state index contributed by atoms with van der Waals surface area (Å²) in [7, 11) is 7.19. The van der Waals surface area contributed by atoms with Gasteiger partial charge in [-0.2, -0.15) is 0 Å². The van der Waals surface area contributed by atoms with E-state index in [1.54, 1.807) is 91.7 Å². The van der Waals surface area contributed by atoms with Gasteiger partial charge in [0, 0.05) is 87.6 Å². The first-order valence-electron chi connectivity index (χ1n) is 25.0. The first kappa shape index (κ1) is 65.8. The largest absolute Gasteiger partial charge is 0.383 e. The minimum atomic E-state index is -0.758. The number of nitrogens with one attached hydrogen (secondary N) is 5. The quantitative estimate of drug-likeness (QED) is 0.0114. The van der Waals surface area contributed by atoms with Crippen LogP contribution in [0.5, 0.6) is 0 Å². The minimum absolute atomic E-state index is 0. The van der Waals surface area contributed by atoms with Gasteiger partial charge in [0.25, 0.3) is 0 Å². The van der Waals surface area contributed by atoms with Crippen LogP contribution in [0, 0.1) is 45.0 Å². The molecule has 0 amide bonds. The van der Waals surface area contributed by atoms with Crippen LogP contribution in [0.25, 0.3) is 72.2 Å². The molecule has 0 saturated carbocycles. The van der Waals surface area contributed by atoms with Crippen molar-refractivity contribution < 1.29 is 40.9 Å². The fourth-order valence-electron chi connectivity index (χ4n) is 7.78. The van der Waals surface area contributed by atoms with Crippen molar-refractivity contribution in [3.63, 3.8) is 0 Å². The summed E-state index contributed by atoms with van der Waals surface area (Å²) in [4.78, 5) is 77.7. The first-order valence-corrected chi connectivity index (χ1v) is 26.6. The number of nitro groups is 1. The average Bonchev–Trinajstić information content (AvgIpc) is 1.79. The molecule has 13 rings (SSSR count). The number of nitrogens with zero attached hydrogens (tertiary/aromatic N) is 16. The van der Waals surface area contributed by atoms with Crippen molar-refractivity contribution >= 4 is 140 Å². The maximum atomic E-state index is 13.9. The van der Waals surface area contributed by atoms with Crippen molar-refractivity contribution in [2.75, 3.05) is 33.9 Å². The summed E-state index contributed by atoms with van der Waals surface area (Å²) in [5.74, 6) is -2.53. The molecule has 7 N–H and O–H groups in total. The summed E-state index contributed by atoms with van der Waals surface area (Å²) in [5.41, 5.74) is 7.73. The van der Waals surface area contributed by atoms with Gasteiger partial charge in [-0.15, -0.1) is 22.6 Å². The van der Waals surface area contributed by atoms with Gasteiger partial charge in [0.05, 0.1) is 117 Å². The Labute approximate surface area is 519 Å². The number of ketones is 2. The molecule has 0 fully saturated rings. The standard InChI is InChI=1S/C12H8FN5O2.C10H11FN4.C9H9BrFN3O2.C9H6FN5.C7H4BrFN2.C7H6FN3.ClH/c1-6(19)11(20)7-4-14-10-9(7)8(13)5-15-12(10)18-3-2-16-17-18;1-15(2)6-14-10-9-7(3-4-12-9)8(11)5-13-10;1-13(2)4-3-6-7(11)5-12-9(10)8(6)14(15)16;10-7-5-12-9(15-4-3-13-14-15)8-6(7)1-2-11-8;8-7-6-4(1-2-10-6)5(9)3-11-7;8-5-3-11-7(9)6-4(5)1-2-10-6;/h2-5,14H,1H3;3-6,12H,1-2H3;3-5H,1-2H3;1-5,11H;1-3,10H;1-3,10H,(H2,9,11);1H/b;;4-3+;;;;. The Kier molecular flexibility index (Phi) is 21.9. The number of rotatable bonds is 9. The molecule has 0 aliphatic rings. The maximum absolute atomic E-state index is 13.9. The summed E-state index contributed by atoms with van der Waals surface area (Å²) >= 11 is 6.12. The second-order valence-corrected chi connectivity index (χ2v) is 19.7. The van der Waals surface area contributed by atoms with Crippen LogP contribution in [-0.4, -0.2) is 146 Å². The molecule has 89 heavy (non-hydrogen) atoms. The highest BCUT2D eigenvalue weighted by Gasteiger charge is 2.23. The van der Waals surface area contributed by atoms with Crippen molar-refractivity contribution in [1.82, 2.24) is 94.6 Å². The monoisotopic (exact) mass is 1370 g/mol. The van der Waals surface area contributed by atoms with Crippen molar-refractivity contribution in [2.24, 2.45) is 4.99 Å². The summed E-state index contributed by atoms with van der Waals surface area (Å²) in [6, 6.07) is 6.63. The number of aromatic nitrogens is 17. The van der Waals surface area contributed by atoms with Crippen molar-refractivity contribution in [3.8, 4) is 11.6 Å². The molecule has 13 heterocycles. The number of hydrogen-bond donors (Lipinski definition) is 6. The van der Waals surface area contributed by atoms with Gasteiger partial charge in [0.15, 0.2) is 62.7 Å². The summed E-state index contributed by atoms with van der Waals surface area (Å²) in [6.07, 6.45) is 25.2. The third-order valence-electron chi connectivity index (χ3n) is 11.8. The van der Waals surface area contributed by atoms with Crippen LogP contribution in [-0.2, 0) is 4.79 Å². The number of hydrogen-bond acceptors (Lipinski definition) is 17. The van der Waals surface area contributed by atoms with E-state index in [9.17, 15) is 46.0 Å². The number of Topliss-reactive ketones (excluding diaryl/α,β-unsaturated/α-hetero) is 2. The minimum Gasteiger partial charge on any atom is -0.383 e. The predicted octanol–water partition coefficient (Wildman–Crippen LogP) is 10.9. The van der Waals surface area contributed by atoms with E-state index < -0.39 is 28.1 Å². The Morgan fingerprint density at radius 1 is 0.618 bits per heavy atom. The fourth-order valence-corrected chi connectivity index (χ4v) is 8.67. The van der Waals surface area contributed by atoms with Gasteiger partial charge in [-0.05, 0) is 68.4 Å². The molecule has 26 nitrogen and oxygen atoms in total. The number of pyridine rings is 6. The lowest BCUT2D eigenvalue weighted by Gasteiger charge is -2.04. The topological polar surface area (TPSA) is 340 Å². The molecular formula is C54H45Br2ClF6N22O4. The van der Waals surface area contributed by atoms with E-state index in [0.717, 1.165) is 25.5 Å². The van der Waals surface area contributed by atoms with Crippen LogP contribution in [0.2, 0.25) is 0 Å².